The zero-order chi connectivity index (χ0) is 20.0. The number of carbonyl (C=O) groups is 2. The van der Waals surface area contributed by atoms with Gasteiger partial charge >= 0.3 is 5.97 Å². The van der Waals surface area contributed by atoms with E-state index in [-0.39, 0.29) is 17.0 Å². The van der Waals surface area contributed by atoms with Crippen LogP contribution < -0.4 is 10.6 Å². The van der Waals surface area contributed by atoms with E-state index in [9.17, 15) is 9.59 Å². The molecule has 0 fully saturated rings. The summed E-state index contributed by atoms with van der Waals surface area (Å²) in [4.78, 5) is 26.4. The van der Waals surface area contributed by atoms with Crippen LogP contribution in [-0.4, -0.2) is 24.5 Å². The first kappa shape index (κ1) is 19.9. The molecular formula is C20H24ClN2O3S+. The first-order valence-electron chi connectivity index (χ1n) is 8.73. The fourth-order valence-corrected chi connectivity index (χ4v) is 5.42. The molecule has 27 heavy (non-hydrogen) atoms. The van der Waals surface area contributed by atoms with E-state index < -0.39 is 5.97 Å². The number of methoxy groups -OCH3 is 1. The summed E-state index contributed by atoms with van der Waals surface area (Å²) in [5.41, 5.74) is 1.50. The number of rotatable bonds is 3. The van der Waals surface area contributed by atoms with Crippen molar-refractivity contribution in [1.29, 1.82) is 0 Å². The number of hydrogen-bond acceptors (Lipinski definition) is 4. The molecule has 5 nitrogen and oxygen atoms in total. The van der Waals surface area contributed by atoms with Gasteiger partial charge in [-0.2, -0.15) is 0 Å². The van der Waals surface area contributed by atoms with Crippen LogP contribution in [0.3, 0.4) is 0 Å². The van der Waals surface area contributed by atoms with Gasteiger partial charge in [0.15, 0.2) is 0 Å². The number of amides is 1. The molecule has 2 heterocycles. The molecule has 3 N–H and O–H groups in total. The maximum Gasteiger partial charge on any atom is 0.341 e. The van der Waals surface area contributed by atoms with Gasteiger partial charge in [0.05, 0.1) is 33.7 Å². The topological polar surface area (TPSA) is 72.0 Å². The molecule has 0 saturated heterocycles. The molecule has 0 aliphatic carbocycles. The average Bonchev–Trinajstić information content (AvgIpc) is 2.91. The van der Waals surface area contributed by atoms with Crippen molar-refractivity contribution in [3.63, 3.8) is 0 Å². The number of nitrogens with two attached hydrogens (primary N) is 1. The van der Waals surface area contributed by atoms with Crippen molar-refractivity contribution in [2.75, 3.05) is 12.4 Å². The molecule has 0 spiro atoms. The van der Waals surface area contributed by atoms with Gasteiger partial charge in [-0.15, -0.1) is 11.3 Å². The van der Waals surface area contributed by atoms with Crippen molar-refractivity contribution < 1.29 is 19.6 Å². The fourth-order valence-electron chi connectivity index (χ4n) is 3.93. The molecule has 0 radical (unpaired) electrons. The lowest BCUT2D eigenvalue weighted by Crippen LogP contribution is -3.03. The van der Waals surface area contributed by atoms with Crippen LogP contribution in [0.15, 0.2) is 24.3 Å². The molecule has 1 aromatic heterocycles. The van der Waals surface area contributed by atoms with Crippen LogP contribution in [0.1, 0.15) is 58.9 Å². The highest BCUT2D eigenvalue weighted by Gasteiger charge is 2.45. The summed E-state index contributed by atoms with van der Waals surface area (Å²) in [5, 5.41) is 6.07. The van der Waals surface area contributed by atoms with Gasteiger partial charge in [-0.1, -0.05) is 23.7 Å². The van der Waals surface area contributed by atoms with E-state index in [1.165, 1.54) is 18.4 Å². The molecule has 7 heteroatoms. The molecule has 0 unspecified atom stereocenters. The number of carbonyl (C=O) groups excluding carboxylic acids is 2. The Kier molecular flexibility index (Phi) is 5.10. The summed E-state index contributed by atoms with van der Waals surface area (Å²) in [6, 6.07) is 6.84. The second-order valence-electron chi connectivity index (χ2n) is 8.07. The molecule has 144 valence electrons. The zero-order valence-corrected chi connectivity index (χ0v) is 17.7. The Morgan fingerprint density at radius 1 is 1.22 bits per heavy atom. The van der Waals surface area contributed by atoms with Gasteiger partial charge in [0.2, 0.25) is 0 Å². The summed E-state index contributed by atoms with van der Waals surface area (Å²) in [6.07, 6.45) is 0.717. The number of anilines is 1. The number of ether oxygens (including phenoxy) is 1. The summed E-state index contributed by atoms with van der Waals surface area (Å²) in [5.74, 6) is -0.777. The van der Waals surface area contributed by atoms with E-state index >= 15 is 0 Å². The fraction of sp³-hybridized carbons (Fsp3) is 0.400. The summed E-state index contributed by atoms with van der Waals surface area (Å²) in [6.45, 7) is 8.56. The van der Waals surface area contributed by atoms with Crippen LogP contribution in [-0.2, 0) is 16.7 Å². The maximum absolute atomic E-state index is 12.8. The normalized spacial score (nSPS) is 17.1. The molecule has 1 aromatic carbocycles. The second-order valence-corrected chi connectivity index (χ2v) is 9.50. The molecule has 2 aromatic rings. The van der Waals surface area contributed by atoms with Crippen molar-refractivity contribution in [2.45, 2.75) is 45.2 Å². The van der Waals surface area contributed by atoms with Gasteiger partial charge in [0.1, 0.15) is 10.5 Å². The minimum atomic E-state index is -0.435. The first-order chi connectivity index (χ1) is 12.6. The molecule has 1 amide bonds. The highest BCUT2D eigenvalue weighted by Crippen LogP contribution is 2.42. The van der Waals surface area contributed by atoms with E-state index in [4.69, 9.17) is 16.3 Å². The molecule has 0 saturated carbocycles. The van der Waals surface area contributed by atoms with Crippen molar-refractivity contribution >= 4 is 39.8 Å². The van der Waals surface area contributed by atoms with Crippen molar-refractivity contribution in [1.82, 2.24) is 0 Å². The number of hydrogen-bond donors (Lipinski definition) is 2. The Morgan fingerprint density at radius 3 is 2.52 bits per heavy atom. The van der Waals surface area contributed by atoms with Gasteiger partial charge in [0, 0.05) is 6.42 Å². The monoisotopic (exact) mass is 407 g/mol. The highest BCUT2D eigenvalue weighted by molar-refractivity contribution is 7.17. The van der Waals surface area contributed by atoms with Crippen molar-refractivity contribution in [3.05, 3.63) is 50.9 Å². The Balaban J connectivity index is 2.09. The minimum Gasteiger partial charge on any atom is -0.465 e. The van der Waals surface area contributed by atoms with E-state index in [0.29, 0.717) is 27.6 Å². The van der Waals surface area contributed by atoms with E-state index in [1.807, 2.05) is 0 Å². The Hall–Kier alpha value is -1.89. The second kappa shape index (κ2) is 6.93. The van der Waals surface area contributed by atoms with Crippen LogP contribution in [0.25, 0.3) is 0 Å². The first-order valence-corrected chi connectivity index (χ1v) is 9.92. The lowest BCUT2D eigenvalue weighted by Gasteiger charge is -2.38. The van der Waals surface area contributed by atoms with E-state index in [2.05, 4.69) is 38.3 Å². The van der Waals surface area contributed by atoms with Gasteiger partial charge in [-0.05, 0) is 45.4 Å². The molecular weight excluding hydrogens is 384 g/mol. The zero-order valence-electron chi connectivity index (χ0n) is 16.1. The Labute approximate surface area is 168 Å². The molecule has 1 aliphatic heterocycles. The van der Waals surface area contributed by atoms with Crippen LogP contribution in [0.4, 0.5) is 5.00 Å². The smallest absolute Gasteiger partial charge is 0.341 e. The van der Waals surface area contributed by atoms with Crippen LogP contribution in [0, 0.1) is 0 Å². The molecule has 3 rings (SSSR count). The number of fused-ring (bicyclic) bond motifs is 1. The third kappa shape index (κ3) is 3.74. The van der Waals surface area contributed by atoms with Gasteiger partial charge < -0.3 is 15.4 Å². The molecule has 1 aliphatic rings. The van der Waals surface area contributed by atoms with E-state index in [1.54, 1.807) is 24.3 Å². The number of nitrogens with one attached hydrogen (secondary N) is 1. The van der Waals surface area contributed by atoms with Crippen LogP contribution in [0.5, 0.6) is 0 Å². The number of quaternary nitrogens is 1. The average molecular weight is 408 g/mol. The standard InChI is InChI=1S/C20H23ClN2O3S/c1-19(2)10-12-14(18(25)26-5)17(27-15(12)20(3,4)23-19)22-16(24)11-8-6-7-9-13(11)21/h6-9,23H,10H2,1-5H3,(H,22,24)/p+1. The Bertz CT molecular complexity index is 918. The minimum absolute atomic E-state index is 0.0651. The van der Waals surface area contributed by atoms with Gasteiger partial charge in [0.25, 0.3) is 5.91 Å². The van der Waals surface area contributed by atoms with Crippen LogP contribution >= 0.6 is 22.9 Å². The predicted molar refractivity (Wildman–Crippen MR) is 108 cm³/mol. The summed E-state index contributed by atoms with van der Waals surface area (Å²) >= 11 is 7.58. The van der Waals surface area contributed by atoms with Gasteiger partial charge in [-0.3, -0.25) is 4.79 Å². The number of esters is 1. The Morgan fingerprint density at radius 2 is 1.89 bits per heavy atom. The van der Waals surface area contributed by atoms with Crippen molar-refractivity contribution in [2.24, 2.45) is 0 Å². The molecule has 0 atom stereocenters. The quantitative estimate of drug-likeness (QED) is 0.764. The lowest BCUT2D eigenvalue weighted by atomic mass is 9.81. The third-order valence-corrected chi connectivity index (χ3v) is 6.53. The lowest BCUT2D eigenvalue weighted by molar-refractivity contribution is -0.789. The predicted octanol–water partition coefficient (Wildman–Crippen LogP) is 3.57. The molecule has 0 bridgehead atoms. The SMILES string of the molecule is COC(=O)c1c(NC(=O)c2ccccc2Cl)sc2c1CC(C)(C)[NH2+]C2(C)C. The van der Waals surface area contributed by atoms with Crippen LogP contribution in [0.2, 0.25) is 5.02 Å². The number of thiophene rings is 1. The number of halogens is 1. The number of benzene rings is 1. The summed E-state index contributed by atoms with van der Waals surface area (Å²) in [7, 11) is 1.36. The summed E-state index contributed by atoms with van der Waals surface area (Å²) < 4.78 is 5.03. The van der Waals surface area contributed by atoms with Crippen molar-refractivity contribution in [3.8, 4) is 0 Å². The maximum atomic E-state index is 12.8. The van der Waals surface area contributed by atoms with E-state index in [0.717, 1.165) is 10.4 Å². The van der Waals surface area contributed by atoms with Gasteiger partial charge in [-0.25, -0.2) is 4.79 Å². The largest absolute Gasteiger partial charge is 0.465 e. The highest BCUT2D eigenvalue weighted by atomic mass is 35.5. The third-order valence-electron chi connectivity index (χ3n) is 4.71.